The van der Waals surface area contributed by atoms with Gasteiger partial charge in [-0.2, -0.15) is 5.26 Å². The molecule has 9 nitrogen and oxygen atoms in total. The van der Waals surface area contributed by atoms with E-state index in [2.05, 4.69) is 5.32 Å². The molecule has 0 unspecified atom stereocenters. The first-order chi connectivity index (χ1) is 11.9. The van der Waals surface area contributed by atoms with Crippen LogP contribution in [-0.4, -0.2) is 35.6 Å². The van der Waals surface area contributed by atoms with Gasteiger partial charge in [0.15, 0.2) is 6.10 Å². The highest BCUT2D eigenvalue weighted by Crippen LogP contribution is 2.26. The Hall–Kier alpha value is -3.54. The predicted molar refractivity (Wildman–Crippen MR) is 85.0 cm³/mol. The van der Waals surface area contributed by atoms with Crippen LogP contribution in [0.1, 0.15) is 28.6 Å². The smallest absolute Gasteiger partial charge is 0.343 e. The minimum atomic E-state index is -1.24. The Morgan fingerprint density at radius 3 is 2.52 bits per heavy atom. The zero-order chi connectivity index (χ0) is 18.6. The molecule has 2 N–H and O–H groups in total. The summed E-state index contributed by atoms with van der Waals surface area (Å²) in [5.41, 5.74) is -0.0663. The molecular formula is C16H16N4O5. The Morgan fingerprint density at radius 2 is 1.96 bits per heavy atom. The molecule has 2 rings (SSSR count). The summed E-state index contributed by atoms with van der Waals surface area (Å²) in [6, 6.07) is 4.67. The number of aromatic nitrogens is 1. The van der Waals surface area contributed by atoms with Crippen LogP contribution >= 0.6 is 0 Å². The molecule has 0 aliphatic rings. The van der Waals surface area contributed by atoms with Crippen LogP contribution in [0.25, 0.3) is 5.88 Å². The maximum Gasteiger partial charge on any atom is 0.343 e. The quantitative estimate of drug-likeness (QED) is 0.804. The van der Waals surface area contributed by atoms with Crippen molar-refractivity contribution in [2.24, 2.45) is 0 Å². The van der Waals surface area contributed by atoms with Crippen molar-refractivity contribution >= 4 is 17.9 Å². The highest BCUT2D eigenvalue weighted by Gasteiger charge is 2.28. The van der Waals surface area contributed by atoms with E-state index in [0.29, 0.717) is 0 Å². The number of ether oxygens (including phenoxy) is 1. The largest absolute Gasteiger partial charge is 0.449 e. The van der Waals surface area contributed by atoms with E-state index in [4.69, 9.17) is 9.15 Å². The molecule has 0 aliphatic heterocycles. The van der Waals surface area contributed by atoms with E-state index >= 15 is 0 Å². The van der Waals surface area contributed by atoms with E-state index in [9.17, 15) is 19.6 Å². The topological polar surface area (TPSA) is 126 Å². The molecule has 0 spiro atoms. The van der Waals surface area contributed by atoms with Gasteiger partial charge < -0.3 is 14.5 Å². The number of hydrogen-bond acceptors (Lipinski definition) is 6. The summed E-state index contributed by atoms with van der Waals surface area (Å²) in [5.74, 6) is -1.32. The molecule has 0 saturated carbocycles. The van der Waals surface area contributed by atoms with Crippen LogP contribution < -0.4 is 10.6 Å². The van der Waals surface area contributed by atoms with Gasteiger partial charge in [-0.15, -0.1) is 0 Å². The highest BCUT2D eigenvalue weighted by molar-refractivity contribution is 5.99. The Balaban J connectivity index is 2.24. The fourth-order valence-electron chi connectivity index (χ4n) is 2.08. The molecule has 9 heteroatoms. The Labute approximate surface area is 143 Å². The summed E-state index contributed by atoms with van der Waals surface area (Å²) >= 11 is 0. The summed E-state index contributed by atoms with van der Waals surface area (Å²) in [6.45, 7) is 2.82. The second kappa shape index (κ2) is 7.35. The number of carbonyl (C=O) groups excluding carboxylic acids is 3. The van der Waals surface area contributed by atoms with Crippen molar-refractivity contribution in [2.75, 3.05) is 7.05 Å². The third-order valence-electron chi connectivity index (χ3n) is 3.34. The van der Waals surface area contributed by atoms with Crippen molar-refractivity contribution in [3.63, 3.8) is 0 Å². The number of nitriles is 1. The summed E-state index contributed by atoms with van der Waals surface area (Å²) in [6.07, 6.45) is 2.09. The van der Waals surface area contributed by atoms with Gasteiger partial charge in [0, 0.05) is 19.4 Å². The minimum Gasteiger partial charge on any atom is -0.449 e. The molecule has 3 amide bonds. The van der Waals surface area contributed by atoms with Gasteiger partial charge in [0.2, 0.25) is 5.88 Å². The number of aryl methyl sites for hydroxylation is 1. The van der Waals surface area contributed by atoms with Crippen LogP contribution in [0.3, 0.4) is 0 Å². The van der Waals surface area contributed by atoms with Crippen molar-refractivity contribution in [3.05, 3.63) is 41.4 Å². The number of esters is 1. The summed E-state index contributed by atoms with van der Waals surface area (Å²) in [5, 5.41) is 13.6. The molecule has 0 radical (unpaired) electrons. The second-order valence-corrected chi connectivity index (χ2v) is 5.03. The van der Waals surface area contributed by atoms with E-state index in [1.807, 2.05) is 11.4 Å². The molecule has 2 heterocycles. The number of nitrogens with one attached hydrogen (secondary N) is 2. The number of carbonyl (C=O) groups is 3. The number of rotatable bonds is 4. The molecule has 0 aromatic carbocycles. The average Bonchev–Trinajstić information content (AvgIpc) is 3.21. The van der Waals surface area contributed by atoms with Crippen LogP contribution in [0.15, 0.2) is 28.9 Å². The standard InChI is InChI=1S/C16H16N4O5/c1-9-12(11(8-17)14(24-9)20-6-4-5-7-20)15(22)25-10(2)13(21)19-16(23)18-3/h4-7,10H,1-3H3,(H2,18,19,21,23)/t10-/m0/s1. The maximum absolute atomic E-state index is 12.4. The van der Waals surface area contributed by atoms with Gasteiger partial charge in [-0.25, -0.2) is 9.59 Å². The second-order valence-electron chi connectivity index (χ2n) is 5.03. The van der Waals surface area contributed by atoms with E-state index in [0.717, 1.165) is 0 Å². The number of nitrogens with zero attached hydrogens (tertiary/aromatic N) is 2. The van der Waals surface area contributed by atoms with Gasteiger partial charge in [-0.1, -0.05) is 0 Å². The van der Waals surface area contributed by atoms with E-state index in [-0.39, 0.29) is 22.8 Å². The van der Waals surface area contributed by atoms with Crippen molar-refractivity contribution in [1.29, 1.82) is 5.26 Å². The molecule has 0 saturated heterocycles. The van der Waals surface area contributed by atoms with Gasteiger partial charge in [0.05, 0.1) is 0 Å². The Bertz CT molecular complexity index is 845. The molecule has 25 heavy (non-hydrogen) atoms. The normalized spacial score (nSPS) is 11.3. The average molecular weight is 344 g/mol. The molecule has 2 aromatic heterocycles. The van der Waals surface area contributed by atoms with Crippen molar-refractivity contribution in [2.45, 2.75) is 20.0 Å². The van der Waals surface area contributed by atoms with Crippen molar-refractivity contribution in [3.8, 4) is 12.0 Å². The van der Waals surface area contributed by atoms with Crippen LogP contribution in [-0.2, 0) is 9.53 Å². The maximum atomic E-state index is 12.4. The van der Waals surface area contributed by atoms with Gasteiger partial charge in [0.25, 0.3) is 5.91 Å². The number of urea groups is 1. The lowest BCUT2D eigenvalue weighted by Crippen LogP contribution is -2.43. The van der Waals surface area contributed by atoms with E-state index in [1.54, 1.807) is 29.1 Å². The zero-order valence-electron chi connectivity index (χ0n) is 13.8. The molecule has 0 fully saturated rings. The van der Waals surface area contributed by atoms with E-state index < -0.39 is 24.0 Å². The van der Waals surface area contributed by atoms with Gasteiger partial charge in [-0.3, -0.25) is 14.7 Å². The molecular weight excluding hydrogens is 328 g/mol. The highest BCUT2D eigenvalue weighted by atomic mass is 16.5. The van der Waals surface area contributed by atoms with Crippen molar-refractivity contribution < 1.29 is 23.5 Å². The van der Waals surface area contributed by atoms with Crippen LogP contribution in [0.4, 0.5) is 4.79 Å². The summed E-state index contributed by atoms with van der Waals surface area (Å²) < 4.78 is 12.1. The summed E-state index contributed by atoms with van der Waals surface area (Å²) in [7, 11) is 1.34. The molecule has 130 valence electrons. The van der Waals surface area contributed by atoms with E-state index in [1.165, 1.54) is 20.9 Å². The van der Waals surface area contributed by atoms with Crippen LogP contribution in [0.2, 0.25) is 0 Å². The van der Waals surface area contributed by atoms with Gasteiger partial charge in [0.1, 0.15) is 23.0 Å². The first-order valence-corrected chi connectivity index (χ1v) is 7.29. The number of imide groups is 1. The first kappa shape index (κ1) is 17.8. The third-order valence-corrected chi connectivity index (χ3v) is 3.34. The molecule has 0 bridgehead atoms. The Kier molecular flexibility index (Phi) is 5.24. The number of furan rings is 1. The number of hydrogen-bond donors (Lipinski definition) is 2. The first-order valence-electron chi connectivity index (χ1n) is 7.29. The SMILES string of the molecule is CNC(=O)NC(=O)[C@H](C)OC(=O)c1c(C)oc(-n2cccc2)c1C#N. The minimum absolute atomic E-state index is 0.00221. The van der Waals surface area contributed by atoms with Crippen LogP contribution in [0.5, 0.6) is 0 Å². The zero-order valence-corrected chi connectivity index (χ0v) is 13.8. The lowest BCUT2D eigenvalue weighted by atomic mass is 10.1. The Morgan fingerprint density at radius 1 is 1.32 bits per heavy atom. The van der Waals surface area contributed by atoms with Gasteiger partial charge >= 0.3 is 12.0 Å². The summed E-state index contributed by atoms with van der Waals surface area (Å²) in [4.78, 5) is 35.3. The van der Waals surface area contributed by atoms with Crippen LogP contribution in [0, 0.1) is 18.3 Å². The lowest BCUT2D eigenvalue weighted by Gasteiger charge is -2.12. The molecule has 1 atom stereocenters. The number of amides is 3. The van der Waals surface area contributed by atoms with Crippen molar-refractivity contribution in [1.82, 2.24) is 15.2 Å². The van der Waals surface area contributed by atoms with Gasteiger partial charge in [-0.05, 0) is 26.0 Å². The fraction of sp³-hybridized carbons (Fsp3) is 0.250. The molecule has 2 aromatic rings. The molecule has 0 aliphatic carbocycles. The fourth-order valence-corrected chi connectivity index (χ4v) is 2.08. The monoisotopic (exact) mass is 344 g/mol. The predicted octanol–water partition coefficient (Wildman–Crippen LogP) is 1.25. The lowest BCUT2D eigenvalue weighted by molar-refractivity contribution is -0.127. The third kappa shape index (κ3) is 3.69.